The van der Waals surface area contributed by atoms with E-state index in [9.17, 15) is 9.90 Å². The van der Waals surface area contributed by atoms with Gasteiger partial charge >= 0.3 is 0 Å². The fraction of sp³-hybridized carbons (Fsp3) is 0.179. The third-order valence-corrected chi connectivity index (χ3v) is 6.50. The van der Waals surface area contributed by atoms with E-state index in [2.05, 4.69) is 20.4 Å². The largest absolute Gasteiger partial charge is 0.394 e. The number of anilines is 2. The number of nitrogens with one attached hydrogen (secondary N) is 2. The average Bonchev–Trinajstić information content (AvgIpc) is 3.37. The fourth-order valence-corrected chi connectivity index (χ4v) is 4.61. The van der Waals surface area contributed by atoms with E-state index in [0.29, 0.717) is 28.9 Å². The van der Waals surface area contributed by atoms with Crippen molar-refractivity contribution in [3.63, 3.8) is 0 Å². The third-order valence-electron chi connectivity index (χ3n) is 6.50. The molecule has 0 atom stereocenters. The van der Waals surface area contributed by atoms with Crippen molar-refractivity contribution >= 4 is 28.1 Å². The van der Waals surface area contributed by atoms with Gasteiger partial charge in [0.1, 0.15) is 18.0 Å². The van der Waals surface area contributed by atoms with Gasteiger partial charge in [-0.25, -0.2) is 9.97 Å². The first-order chi connectivity index (χ1) is 18.4. The lowest BCUT2D eigenvalue weighted by atomic mass is 10.0. The summed E-state index contributed by atoms with van der Waals surface area (Å²) >= 11 is 0. The van der Waals surface area contributed by atoms with Gasteiger partial charge in [-0.15, -0.1) is 0 Å². The number of rotatable bonds is 8. The molecular formula is C28H28N8O2. The summed E-state index contributed by atoms with van der Waals surface area (Å²) in [5.41, 5.74) is 10.4. The monoisotopic (exact) mass is 508 g/mol. The minimum atomic E-state index is -0.0989. The first kappa shape index (κ1) is 24.8. The van der Waals surface area contributed by atoms with Gasteiger partial charge in [-0.3, -0.25) is 19.5 Å². The van der Waals surface area contributed by atoms with E-state index in [1.807, 2.05) is 62.4 Å². The maximum atomic E-state index is 13.8. The van der Waals surface area contributed by atoms with Crippen LogP contribution in [0.1, 0.15) is 27.9 Å². The summed E-state index contributed by atoms with van der Waals surface area (Å²) < 4.78 is 3.28. The van der Waals surface area contributed by atoms with Crippen LogP contribution in [0.4, 0.5) is 11.6 Å². The fourth-order valence-electron chi connectivity index (χ4n) is 4.61. The Labute approximate surface area is 218 Å². The van der Waals surface area contributed by atoms with Crippen LogP contribution in [0.25, 0.3) is 16.5 Å². The molecule has 3 heterocycles. The maximum Gasteiger partial charge on any atom is 0.263 e. The van der Waals surface area contributed by atoms with Crippen molar-refractivity contribution in [2.45, 2.75) is 26.9 Å². The molecule has 0 bridgehead atoms. The van der Waals surface area contributed by atoms with E-state index < -0.39 is 0 Å². The molecule has 2 aromatic carbocycles. The highest BCUT2D eigenvalue weighted by Gasteiger charge is 2.19. The lowest BCUT2D eigenvalue weighted by Gasteiger charge is -2.19. The van der Waals surface area contributed by atoms with Crippen LogP contribution in [-0.2, 0) is 13.1 Å². The van der Waals surface area contributed by atoms with E-state index >= 15 is 0 Å². The molecule has 0 unspecified atom stereocenters. The number of para-hydroxylation sites is 1. The Bertz CT molecular complexity index is 1720. The molecule has 0 aliphatic rings. The number of aromatic nitrogens is 5. The minimum Gasteiger partial charge on any atom is -0.394 e. The van der Waals surface area contributed by atoms with Gasteiger partial charge in [-0.2, -0.15) is 5.10 Å². The second kappa shape index (κ2) is 10.3. The molecule has 0 fully saturated rings. The van der Waals surface area contributed by atoms with E-state index in [0.717, 1.165) is 27.9 Å². The molecule has 3 aromatic heterocycles. The second-order valence-electron chi connectivity index (χ2n) is 9.03. The van der Waals surface area contributed by atoms with Crippen molar-refractivity contribution in [1.29, 1.82) is 5.41 Å². The Balaban J connectivity index is 1.58. The van der Waals surface area contributed by atoms with E-state index in [1.54, 1.807) is 15.4 Å². The lowest BCUT2D eigenvalue weighted by molar-refractivity contribution is 0.269. The van der Waals surface area contributed by atoms with Gasteiger partial charge in [-0.1, -0.05) is 36.4 Å². The van der Waals surface area contributed by atoms with Crippen LogP contribution in [0.2, 0.25) is 0 Å². The van der Waals surface area contributed by atoms with Crippen LogP contribution in [0.5, 0.6) is 0 Å². The first-order valence-corrected chi connectivity index (χ1v) is 12.2. The smallest absolute Gasteiger partial charge is 0.263 e. The quantitative estimate of drug-likeness (QED) is 0.235. The van der Waals surface area contributed by atoms with Gasteiger partial charge < -0.3 is 16.2 Å². The molecule has 0 aliphatic carbocycles. The molecule has 10 heteroatoms. The lowest BCUT2D eigenvalue weighted by Crippen LogP contribution is -2.25. The highest BCUT2D eigenvalue weighted by atomic mass is 16.3. The zero-order valence-corrected chi connectivity index (χ0v) is 21.1. The predicted molar refractivity (Wildman–Crippen MR) is 148 cm³/mol. The Kier molecular flexibility index (Phi) is 6.71. The number of aliphatic hydroxyl groups is 1. The van der Waals surface area contributed by atoms with Gasteiger partial charge in [0.15, 0.2) is 0 Å². The Morgan fingerprint density at radius 1 is 1.11 bits per heavy atom. The van der Waals surface area contributed by atoms with E-state index in [-0.39, 0.29) is 30.2 Å². The van der Waals surface area contributed by atoms with Crippen LogP contribution in [0.15, 0.2) is 72.0 Å². The summed E-state index contributed by atoms with van der Waals surface area (Å²) in [6.07, 6.45) is 4.54. The number of benzene rings is 2. The zero-order chi connectivity index (χ0) is 26.8. The predicted octanol–water partition coefficient (Wildman–Crippen LogP) is 3.20. The Morgan fingerprint density at radius 3 is 2.68 bits per heavy atom. The summed E-state index contributed by atoms with van der Waals surface area (Å²) in [5.74, 6) is 0.512. The Hall–Kier alpha value is -4.83. The number of hydrogen-bond acceptors (Lipinski definition) is 8. The Morgan fingerprint density at radius 2 is 1.89 bits per heavy atom. The molecule has 0 amide bonds. The summed E-state index contributed by atoms with van der Waals surface area (Å²) in [6.45, 7) is 4.41. The van der Waals surface area contributed by atoms with Gasteiger partial charge in [0, 0.05) is 17.5 Å². The van der Waals surface area contributed by atoms with Gasteiger partial charge in [0.25, 0.3) is 5.56 Å². The number of nitrogens with zero attached hydrogens (tertiary/aromatic N) is 5. The van der Waals surface area contributed by atoms with Crippen LogP contribution in [0.3, 0.4) is 0 Å². The summed E-state index contributed by atoms with van der Waals surface area (Å²) in [6, 6.07) is 15.6. The minimum absolute atomic E-state index is 0.0638. The van der Waals surface area contributed by atoms with E-state index in [4.69, 9.17) is 11.1 Å². The number of aryl methyl sites for hydroxylation is 2. The number of nitrogen functional groups attached to an aromatic ring is 1. The molecule has 0 spiro atoms. The molecule has 5 aromatic rings. The van der Waals surface area contributed by atoms with Crippen molar-refractivity contribution in [3.8, 4) is 5.69 Å². The third kappa shape index (κ3) is 4.53. The topological polar surface area (TPSA) is 148 Å². The number of hydrogen-bond donors (Lipinski definition) is 4. The highest BCUT2D eigenvalue weighted by Crippen LogP contribution is 2.24. The SMILES string of the molecule is Cc1ccccc1-n1c(CNc2ncnc(N)c2C(=N)c2cnn(CCO)c2)cc2cccc(C)c2c1=O. The summed E-state index contributed by atoms with van der Waals surface area (Å²) in [5, 5.41) is 27.0. The molecule has 5 rings (SSSR count). The molecule has 0 aliphatic heterocycles. The van der Waals surface area contributed by atoms with Gasteiger partial charge in [0.05, 0.1) is 48.2 Å². The normalized spacial score (nSPS) is 11.1. The molecule has 10 nitrogen and oxygen atoms in total. The van der Waals surface area contributed by atoms with E-state index in [1.165, 1.54) is 12.5 Å². The standard InChI is InChI=1S/C28H28N8O2/c1-17-6-3-4-9-22(17)36-21(12-19-8-5-7-18(2)23(19)28(36)38)14-31-27-24(26(30)32-16-33-27)25(29)20-13-34-35(15-20)10-11-37/h3-9,12-13,15-16,29,37H,10-11,14H2,1-2H3,(H3,30,31,32,33). The van der Waals surface area contributed by atoms with Crippen LogP contribution < -0.4 is 16.6 Å². The van der Waals surface area contributed by atoms with Crippen molar-refractivity contribution < 1.29 is 5.11 Å². The zero-order valence-electron chi connectivity index (χ0n) is 21.1. The van der Waals surface area contributed by atoms with Gasteiger partial charge in [-0.05, 0) is 42.5 Å². The molecule has 0 saturated carbocycles. The van der Waals surface area contributed by atoms with Crippen LogP contribution in [0, 0.1) is 19.3 Å². The summed E-state index contributed by atoms with van der Waals surface area (Å²) in [7, 11) is 0. The number of fused-ring (bicyclic) bond motifs is 1. The molecular weight excluding hydrogens is 480 g/mol. The molecule has 0 radical (unpaired) electrons. The maximum absolute atomic E-state index is 13.8. The molecule has 5 N–H and O–H groups in total. The molecule has 0 saturated heterocycles. The highest BCUT2D eigenvalue weighted by molar-refractivity contribution is 6.16. The van der Waals surface area contributed by atoms with Crippen molar-refractivity contribution in [2.75, 3.05) is 17.7 Å². The van der Waals surface area contributed by atoms with Crippen LogP contribution >= 0.6 is 0 Å². The van der Waals surface area contributed by atoms with Crippen molar-refractivity contribution in [3.05, 3.63) is 106 Å². The second-order valence-corrected chi connectivity index (χ2v) is 9.03. The first-order valence-electron chi connectivity index (χ1n) is 12.2. The van der Waals surface area contributed by atoms with Crippen LogP contribution in [-0.4, -0.2) is 41.7 Å². The average molecular weight is 509 g/mol. The molecule has 38 heavy (non-hydrogen) atoms. The number of aliphatic hydroxyl groups excluding tert-OH is 1. The van der Waals surface area contributed by atoms with Gasteiger partial charge in [0.2, 0.25) is 0 Å². The number of pyridine rings is 1. The number of nitrogens with two attached hydrogens (primary N) is 1. The summed E-state index contributed by atoms with van der Waals surface area (Å²) in [4.78, 5) is 22.3. The molecule has 192 valence electrons. The van der Waals surface area contributed by atoms with Crippen molar-refractivity contribution in [1.82, 2.24) is 24.3 Å². The van der Waals surface area contributed by atoms with Crippen molar-refractivity contribution in [2.24, 2.45) is 0 Å².